The molecule has 3 aromatic rings. The molecule has 2 N–H and O–H groups in total. The minimum atomic E-state index is 0.273. The Morgan fingerprint density at radius 2 is 1.73 bits per heavy atom. The number of hydrogen-bond acceptors (Lipinski definition) is 5. The van der Waals surface area contributed by atoms with Crippen molar-refractivity contribution in [2.75, 3.05) is 5.73 Å². The van der Waals surface area contributed by atoms with Crippen LogP contribution in [-0.2, 0) is 6.54 Å². The zero-order chi connectivity index (χ0) is 14.9. The molecule has 1 aromatic carbocycles. The van der Waals surface area contributed by atoms with Crippen LogP contribution in [0.4, 0.5) is 5.95 Å². The van der Waals surface area contributed by atoms with Crippen molar-refractivity contribution in [3.8, 4) is 11.3 Å². The van der Waals surface area contributed by atoms with Crippen LogP contribution >= 0.6 is 0 Å². The van der Waals surface area contributed by atoms with Gasteiger partial charge in [0, 0.05) is 29.1 Å². The van der Waals surface area contributed by atoms with Gasteiger partial charge >= 0.3 is 0 Å². The van der Waals surface area contributed by atoms with E-state index in [0.717, 1.165) is 33.8 Å². The zero-order valence-electron chi connectivity index (χ0n) is 11.8. The average Bonchev–Trinajstić information content (AvgIpc) is 2.73. The minimum absolute atomic E-state index is 0.273. The first-order valence-corrected chi connectivity index (χ1v) is 7.00. The van der Waals surface area contributed by atoms with Gasteiger partial charge in [0.05, 0.1) is 23.6 Å². The third-order valence-electron chi connectivity index (χ3n) is 3.64. The van der Waals surface area contributed by atoms with Crippen LogP contribution in [0.1, 0.15) is 16.8 Å². The highest BCUT2D eigenvalue weighted by atomic mass is 15.0. The maximum atomic E-state index is 5.76. The molecule has 0 unspecified atom stereocenters. The van der Waals surface area contributed by atoms with Crippen LogP contribution in [0.2, 0.25) is 0 Å². The maximum absolute atomic E-state index is 5.76. The van der Waals surface area contributed by atoms with E-state index in [9.17, 15) is 0 Å². The molecule has 0 amide bonds. The summed E-state index contributed by atoms with van der Waals surface area (Å²) < 4.78 is 0. The molecule has 1 aliphatic heterocycles. The lowest BCUT2D eigenvalue weighted by atomic mass is 9.97. The lowest BCUT2D eigenvalue weighted by Crippen LogP contribution is -2.06. The van der Waals surface area contributed by atoms with Crippen molar-refractivity contribution in [2.45, 2.75) is 6.54 Å². The highest BCUT2D eigenvalue weighted by Crippen LogP contribution is 2.30. The Balaban J connectivity index is 1.98. The van der Waals surface area contributed by atoms with Gasteiger partial charge in [-0.05, 0) is 12.1 Å². The monoisotopic (exact) mass is 287 g/mol. The van der Waals surface area contributed by atoms with Gasteiger partial charge in [-0.25, -0.2) is 9.97 Å². The van der Waals surface area contributed by atoms with Gasteiger partial charge in [-0.15, -0.1) is 0 Å². The summed E-state index contributed by atoms with van der Waals surface area (Å²) in [5, 5.41) is 0. The fourth-order valence-corrected chi connectivity index (χ4v) is 2.64. The molecule has 0 radical (unpaired) electrons. The first kappa shape index (κ1) is 12.6. The smallest absolute Gasteiger partial charge is 0.220 e. The average molecular weight is 287 g/mol. The standard InChI is InChI=1S/C17H13N5/c18-17-21-10-11-9-20-16(14-7-3-4-8-19-14)13-6-2-1-5-12(13)15(11)22-17/h1-8,10H,9H2,(H2,18,21,22). The van der Waals surface area contributed by atoms with Crippen LogP contribution in [0.5, 0.6) is 0 Å². The number of pyridine rings is 1. The third-order valence-corrected chi connectivity index (χ3v) is 3.64. The molecule has 0 saturated carbocycles. The highest BCUT2D eigenvalue weighted by molar-refractivity contribution is 6.15. The van der Waals surface area contributed by atoms with Gasteiger partial charge in [0.1, 0.15) is 0 Å². The molecule has 1 aliphatic rings. The van der Waals surface area contributed by atoms with Crippen molar-refractivity contribution in [3.63, 3.8) is 0 Å². The molecule has 22 heavy (non-hydrogen) atoms. The summed E-state index contributed by atoms with van der Waals surface area (Å²) in [5.41, 5.74) is 11.3. The summed E-state index contributed by atoms with van der Waals surface area (Å²) >= 11 is 0. The number of anilines is 1. The molecular weight excluding hydrogens is 274 g/mol. The molecule has 4 rings (SSSR count). The SMILES string of the molecule is Nc1ncc2c(n1)-c1ccccc1C(c1ccccn1)=NC2. The molecule has 3 heterocycles. The first-order valence-electron chi connectivity index (χ1n) is 7.00. The van der Waals surface area contributed by atoms with Crippen LogP contribution < -0.4 is 5.73 Å². The Labute approximate surface area is 127 Å². The Bertz CT molecular complexity index is 871. The van der Waals surface area contributed by atoms with E-state index in [4.69, 9.17) is 10.7 Å². The second-order valence-electron chi connectivity index (χ2n) is 5.03. The van der Waals surface area contributed by atoms with E-state index in [1.807, 2.05) is 42.5 Å². The summed E-state index contributed by atoms with van der Waals surface area (Å²) in [6, 6.07) is 13.9. The van der Waals surface area contributed by atoms with Crippen LogP contribution in [0.25, 0.3) is 11.3 Å². The molecule has 0 atom stereocenters. The fourth-order valence-electron chi connectivity index (χ4n) is 2.64. The lowest BCUT2D eigenvalue weighted by molar-refractivity contribution is 1.02. The Kier molecular flexibility index (Phi) is 2.89. The molecule has 0 saturated heterocycles. The van der Waals surface area contributed by atoms with E-state index in [-0.39, 0.29) is 5.95 Å². The quantitative estimate of drug-likeness (QED) is 0.746. The topological polar surface area (TPSA) is 77.0 Å². The van der Waals surface area contributed by atoms with Gasteiger partial charge in [0.15, 0.2) is 0 Å². The van der Waals surface area contributed by atoms with E-state index in [2.05, 4.69) is 15.0 Å². The molecular formula is C17H13N5. The van der Waals surface area contributed by atoms with E-state index in [1.165, 1.54) is 0 Å². The number of aliphatic imine (C=N–C) groups is 1. The Hall–Kier alpha value is -3.08. The number of aromatic nitrogens is 3. The number of rotatable bonds is 1. The molecule has 2 aromatic heterocycles. The van der Waals surface area contributed by atoms with Crippen molar-refractivity contribution < 1.29 is 0 Å². The predicted octanol–water partition coefficient (Wildman–Crippen LogP) is 2.47. The molecule has 106 valence electrons. The second-order valence-corrected chi connectivity index (χ2v) is 5.03. The van der Waals surface area contributed by atoms with Gasteiger partial charge in [-0.2, -0.15) is 0 Å². The predicted molar refractivity (Wildman–Crippen MR) is 85.5 cm³/mol. The van der Waals surface area contributed by atoms with Gasteiger partial charge in [-0.1, -0.05) is 30.3 Å². The van der Waals surface area contributed by atoms with Crippen LogP contribution in [0.3, 0.4) is 0 Å². The minimum Gasteiger partial charge on any atom is -0.368 e. The number of hydrogen-bond donors (Lipinski definition) is 1. The summed E-state index contributed by atoms with van der Waals surface area (Å²) in [6.07, 6.45) is 3.52. The van der Waals surface area contributed by atoms with Gasteiger partial charge in [-0.3, -0.25) is 9.98 Å². The summed E-state index contributed by atoms with van der Waals surface area (Å²) in [6.45, 7) is 0.510. The van der Waals surface area contributed by atoms with Crippen molar-refractivity contribution in [1.82, 2.24) is 15.0 Å². The number of nitrogen functional groups attached to an aromatic ring is 1. The van der Waals surface area contributed by atoms with Gasteiger partial charge in [0.2, 0.25) is 5.95 Å². The largest absolute Gasteiger partial charge is 0.368 e. The zero-order valence-corrected chi connectivity index (χ0v) is 11.8. The van der Waals surface area contributed by atoms with E-state index < -0.39 is 0 Å². The van der Waals surface area contributed by atoms with E-state index in [1.54, 1.807) is 12.4 Å². The lowest BCUT2D eigenvalue weighted by Gasteiger charge is -2.10. The number of fused-ring (bicyclic) bond motifs is 3. The molecule has 0 spiro atoms. The normalized spacial score (nSPS) is 12.8. The van der Waals surface area contributed by atoms with Crippen molar-refractivity contribution in [1.29, 1.82) is 0 Å². The fraction of sp³-hybridized carbons (Fsp3) is 0.0588. The summed E-state index contributed by atoms with van der Waals surface area (Å²) in [5.74, 6) is 0.273. The summed E-state index contributed by atoms with van der Waals surface area (Å²) in [7, 11) is 0. The van der Waals surface area contributed by atoms with Crippen LogP contribution in [0, 0.1) is 0 Å². The van der Waals surface area contributed by atoms with Crippen molar-refractivity contribution in [2.24, 2.45) is 4.99 Å². The van der Waals surface area contributed by atoms with Crippen molar-refractivity contribution >= 4 is 11.7 Å². The highest BCUT2D eigenvalue weighted by Gasteiger charge is 2.20. The molecule has 0 aliphatic carbocycles. The third kappa shape index (κ3) is 2.03. The second kappa shape index (κ2) is 5.04. The maximum Gasteiger partial charge on any atom is 0.220 e. The molecule has 5 heteroatoms. The van der Waals surface area contributed by atoms with Crippen LogP contribution in [-0.4, -0.2) is 20.7 Å². The Morgan fingerprint density at radius 1 is 0.909 bits per heavy atom. The van der Waals surface area contributed by atoms with E-state index >= 15 is 0 Å². The van der Waals surface area contributed by atoms with E-state index in [0.29, 0.717) is 6.54 Å². The van der Waals surface area contributed by atoms with Crippen molar-refractivity contribution in [3.05, 3.63) is 71.7 Å². The molecule has 5 nitrogen and oxygen atoms in total. The van der Waals surface area contributed by atoms with Gasteiger partial charge < -0.3 is 5.73 Å². The number of nitrogens with zero attached hydrogens (tertiary/aromatic N) is 4. The number of nitrogens with two attached hydrogens (primary N) is 1. The Morgan fingerprint density at radius 3 is 2.55 bits per heavy atom. The summed E-state index contributed by atoms with van der Waals surface area (Å²) in [4.78, 5) is 17.7. The van der Waals surface area contributed by atoms with Gasteiger partial charge in [0.25, 0.3) is 0 Å². The number of benzene rings is 1. The van der Waals surface area contributed by atoms with Crippen LogP contribution in [0.15, 0.2) is 59.9 Å². The first-order chi connectivity index (χ1) is 10.8. The molecule has 0 fully saturated rings. The molecule has 0 bridgehead atoms.